The number of rotatable bonds is 6. The van der Waals surface area contributed by atoms with Crippen LogP contribution in [0.3, 0.4) is 0 Å². The maximum absolute atomic E-state index is 11.7. The molecule has 7 heteroatoms. The monoisotopic (exact) mass is 468 g/mol. The lowest BCUT2D eigenvalue weighted by molar-refractivity contribution is 0.0963. The smallest absolute Gasteiger partial charge is 0.251 e. The fraction of sp³-hybridized carbons (Fsp3) is 0.263. The standard InChI is InChI=1S/C19H24N4O2.HI/c1-20-18(24)15-9-6-7-14(11-15)12-22-19(21-2)23-13-16-8-4-5-10-17(16)25-3;/h4-11H,12-13H2,1-3H3,(H,20,24)(H2,21,22,23);1H. The van der Waals surface area contributed by atoms with Crippen molar-refractivity contribution in [3.05, 3.63) is 65.2 Å². The predicted molar refractivity (Wildman–Crippen MR) is 115 cm³/mol. The van der Waals surface area contributed by atoms with E-state index in [9.17, 15) is 4.79 Å². The van der Waals surface area contributed by atoms with Crippen LogP contribution in [-0.2, 0) is 13.1 Å². The Labute approximate surface area is 171 Å². The Morgan fingerprint density at radius 3 is 2.50 bits per heavy atom. The number of amides is 1. The van der Waals surface area contributed by atoms with Crippen molar-refractivity contribution in [1.82, 2.24) is 16.0 Å². The summed E-state index contributed by atoms with van der Waals surface area (Å²) in [7, 11) is 5.00. The lowest BCUT2D eigenvalue weighted by atomic mass is 10.1. The van der Waals surface area contributed by atoms with Gasteiger partial charge < -0.3 is 20.7 Å². The number of ether oxygens (including phenoxy) is 1. The maximum Gasteiger partial charge on any atom is 0.251 e. The second kappa shape index (κ2) is 11.3. The van der Waals surface area contributed by atoms with Gasteiger partial charge in [-0.1, -0.05) is 30.3 Å². The molecule has 0 fully saturated rings. The zero-order valence-corrected chi connectivity index (χ0v) is 17.5. The highest BCUT2D eigenvalue weighted by Gasteiger charge is 2.06. The number of nitrogens with zero attached hydrogens (tertiary/aromatic N) is 1. The molecule has 2 aromatic rings. The predicted octanol–water partition coefficient (Wildman–Crippen LogP) is 2.54. The molecule has 140 valence electrons. The SMILES string of the molecule is CN=C(NCc1cccc(C(=O)NC)c1)NCc1ccccc1OC.I. The molecular weight excluding hydrogens is 443 g/mol. The van der Waals surface area contributed by atoms with Gasteiger partial charge in [0.25, 0.3) is 5.91 Å². The first-order chi connectivity index (χ1) is 12.2. The summed E-state index contributed by atoms with van der Waals surface area (Å²) in [6.45, 7) is 1.17. The van der Waals surface area contributed by atoms with Gasteiger partial charge in [0, 0.05) is 38.3 Å². The molecule has 2 rings (SSSR count). The van der Waals surface area contributed by atoms with Crippen molar-refractivity contribution in [1.29, 1.82) is 0 Å². The van der Waals surface area contributed by atoms with Gasteiger partial charge in [-0.2, -0.15) is 0 Å². The van der Waals surface area contributed by atoms with E-state index >= 15 is 0 Å². The van der Waals surface area contributed by atoms with Crippen molar-refractivity contribution < 1.29 is 9.53 Å². The van der Waals surface area contributed by atoms with Gasteiger partial charge in [0.15, 0.2) is 5.96 Å². The minimum absolute atomic E-state index is 0. The number of aliphatic imine (C=N–C) groups is 1. The quantitative estimate of drug-likeness (QED) is 0.346. The molecule has 0 saturated carbocycles. The molecule has 2 aromatic carbocycles. The normalized spacial score (nSPS) is 10.5. The zero-order chi connectivity index (χ0) is 18.1. The van der Waals surface area contributed by atoms with Crippen LogP contribution in [-0.4, -0.2) is 33.1 Å². The van der Waals surface area contributed by atoms with E-state index in [1.165, 1.54) is 0 Å². The Morgan fingerprint density at radius 2 is 1.81 bits per heavy atom. The molecule has 0 aliphatic rings. The third kappa shape index (κ3) is 6.21. The summed E-state index contributed by atoms with van der Waals surface area (Å²) < 4.78 is 5.35. The molecular formula is C19H25IN4O2. The molecule has 26 heavy (non-hydrogen) atoms. The van der Waals surface area contributed by atoms with Crippen molar-refractivity contribution >= 4 is 35.8 Å². The summed E-state index contributed by atoms with van der Waals surface area (Å²) >= 11 is 0. The summed E-state index contributed by atoms with van der Waals surface area (Å²) in [5.74, 6) is 1.42. The molecule has 0 aromatic heterocycles. The highest BCUT2D eigenvalue weighted by atomic mass is 127. The van der Waals surface area contributed by atoms with E-state index < -0.39 is 0 Å². The average Bonchev–Trinajstić information content (AvgIpc) is 2.68. The zero-order valence-electron chi connectivity index (χ0n) is 15.2. The van der Waals surface area contributed by atoms with Crippen LogP contribution in [0.2, 0.25) is 0 Å². The lowest BCUT2D eigenvalue weighted by Crippen LogP contribution is -2.36. The van der Waals surface area contributed by atoms with Crippen LogP contribution < -0.4 is 20.7 Å². The van der Waals surface area contributed by atoms with Gasteiger partial charge in [-0.25, -0.2) is 0 Å². The molecule has 1 amide bonds. The molecule has 0 unspecified atom stereocenters. The molecule has 3 N–H and O–H groups in total. The van der Waals surface area contributed by atoms with E-state index in [1.807, 2.05) is 42.5 Å². The van der Waals surface area contributed by atoms with Gasteiger partial charge in [0.05, 0.1) is 7.11 Å². The van der Waals surface area contributed by atoms with Gasteiger partial charge in [-0.15, -0.1) is 24.0 Å². The first-order valence-electron chi connectivity index (χ1n) is 8.05. The molecule has 0 aliphatic carbocycles. The summed E-state index contributed by atoms with van der Waals surface area (Å²) in [5, 5.41) is 9.13. The number of hydrogen-bond acceptors (Lipinski definition) is 3. The summed E-state index contributed by atoms with van der Waals surface area (Å²) in [5.41, 5.74) is 2.69. The van der Waals surface area contributed by atoms with E-state index in [2.05, 4.69) is 20.9 Å². The molecule has 0 atom stereocenters. The van der Waals surface area contributed by atoms with Crippen molar-refractivity contribution in [2.45, 2.75) is 13.1 Å². The number of carbonyl (C=O) groups is 1. The van der Waals surface area contributed by atoms with Crippen molar-refractivity contribution in [2.24, 2.45) is 4.99 Å². The third-order valence-electron chi connectivity index (χ3n) is 3.74. The van der Waals surface area contributed by atoms with Crippen LogP contribution in [0.4, 0.5) is 0 Å². The largest absolute Gasteiger partial charge is 0.496 e. The van der Waals surface area contributed by atoms with Gasteiger partial charge in [0.1, 0.15) is 5.75 Å². The van der Waals surface area contributed by atoms with Crippen LogP contribution in [0.1, 0.15) is 21.5 Å². The topological polar surface area (TPSA) is 74.8 Å². The van der Waals surface area contributed by atoms with Crippen LogP contribution in [0.25, 0.3) is 0 Å². The minimum atomic E-state index is -0.0967. The highest BCUT2D eigenvalue weighted by molar-refractivity contribution is 14.0. The van der Waals surface area contributed by atoms with Gasteiger partial charge >= 0.3 is 0 Å². The number of hydrogen-bond donors (Lipinski definition) is 3. The number of nitrogens with one attached hydrogen (secondary N) is 3. The molecule has 0 saturated heterocycles. The van der Waals surface area contributed by atoms with Gasteiger partial charge in [-0.3, -0.25) is 9.79 Å². The number of carbonyl (C=O) groups excluding carboxylic acids is 1. The van der Waals surface area contributed by atoms with Crippen LogP contribution >= 0.6 is 24.0 Å². The average molecular weight is 468 g/mol. The Kier molecular flexibility index (Phi) is 9.50. The van der Waals surface area contributed by atoms with Crippen LogP contribution in [0.15, 0.2) is 53.5 Å². The first kappa shape index (κ1) is 21.8. The van der Waals surface area contributed by atoms with Crippen molar-refractivity contribution in [2.75, 3.05) is 21.2 Å². The molecule has 0 radical (unpaired) electrons. The number of benzene rings is 2. The molecule has 6 nitrogen and oxygen atoms in total. The van der Waals surface area contributed by atoms with E-state index in [0.717, 1.165) is 16.9 Å². The van der Waals surface area contributed by atoms with Crippen LogP contribution in [0, 0.1) is 0 Å². The maximum atomic E-state index is 11.7. The summed E-state index contributed by atoms with van der Waals surface area (Å²) in [6.07, 6.45) is 0. The summed E-state index contributed by atoms with van der Waals surface area (Å²) in [4.78, 5) is 15.9. The minimum Gasteiger partial charge on any atom is -0.496 e. The number of guanidine groups is 1. The van der Waals surface area contributed by atoms with Crippen molar-refractivity contribution in [3.8, 4) is 5.75 Å². The Morgan fingerprint density at radius 1 is 1.08 bits per heavy atom. The van der Waals surface area contributed by atoms with E-state index in [-0.39, 0.29) is 29.9 Å². The Hall–Kier alpha value is -2.29. The highest BCUT2D eigenvalue weighted by Crippen LogP contribution is 2.16. The molecule has 0 aliphatic heterocycles. The third-order valence-corrected chi connectivity index (χ3v) is 3.74. The van der Waals surface area contributed by atoms with Gasteiger partial charge in [0.2, 0.25) is 0 Å². The number of halogens is 1. The Bertz CT molecular complexity index is 750. The second-order valence-electron chi connectivity index (χ2n) is 5.37. The molecule has 0 heterocycles. The fourth-order valence-electron chi connectivity index (χ4n) is 2.40. The lowest BCUT2D eigenvalue weighted by Gasteiger charge is -2.14. The number of para-hydroxylation sites is 1. The second-order valence-corrected chi connectivity index (χ2v) is 5.37. The van der Waals surface area contributed by atoms with Crippen LogP contribution in [0.5, 0.6) is 5.75 Å². The summed E-state index contributed by atoms with van der Waals surface area (Å²) in [6, 6.07) is 15.3. The first-order valence-corrected chi connectivity index (χ1v) is 8.05. The van der Waals surface area contributed by atoms with E-state index in [1.54, 1.807) is 27.3 Å². The fourth-order valence-corrected chi connectivity index (χ4v) is 2.40. The van der Waals surface area contributed by atoms with Gasteiger partial charge in [-0.05, 0) is 23.8 Å². The molecule has 0 bridgehead atoms. The van der Waals surface area contributed by atoms with E-state index in [0.29, 0.717) is 24.6 Å². The van der Waals surface area contributed by atoms with Crippen molar-refractivity contribution in [3.63, 3.8) is 0 Å². The molecule has 0 spiro atoms. The Balaban J connectivity index is 0.00000338. The van der Waals surface area contributed by atoms with E-state index in [4.69, 9.17) is 4.74 Å². The number of methoxy groups -OCH3 is 1.